The van der Waals surface area contributed by atoms with Crippen molar-refractivity contribution in [2.24, 2.45) is 0 Å². The first-order valence-electron chi connectivity index (χ1n) is 7.93. The minimum absolute atomic E-state index is 0.0842. The lowest BCUT2D eigenvalue weighted by Crippen LogP contribution is -2.41. The van der Waals surface area contributed by atoms with Gasteiger partial charge in [-0.2, -0.15) is 0 Å². The summed E-state index contributed by atoms with van der Waals surface area (Å²) in [5.74, 6) is -0.0465. The number of amides is 1. The van der Waals surface area contributed by atoms with Gasteiger partial charge in [-0.15, -0.1) is 0 Å². The van der Waals surface area contributed by atoms with Crippen LogP contribution in [0, 0.1) is 0 Å². The zero-order chi connectivity index (χ0) is 18.9. The van der Waals surface area contributed by atoms with Crippen molar-refractivity contribution in [3.05, 3.63) is 58.5 Å². The van der Waals surface area contributed by atoms with Gasteiger partial charge in [0.05, 0.1) is 12.6 Å². The highest BCUT2D eigenvalue weighted by Gasteiger charge is 2.27. The first-order valence-corrected chi connectivity index (χ1v) is 8.73. The molecule has 0 aliphatic heterocycles. The number of nitrogens with one attached hydrogen (secondary N) is 1. The average Bonchev–Trinajstić information content (AvgIpc) is 2.64. The number of halogens is 1. The summed E-state index contributed by atoms with van der Waals surface area (Å²) in [6.45, 7) is 3.73. The minimum Gasteiger partial charge on any atom is -0.504 e. The Bertz CT molecular complexity index is 989. The van der Waals surface area contributed by atoms with Gasteiger partial charge in [0.1, 0.15) is 15.9 Å². The molecule has 134 valence electrons. The van der Waals surface area contributed by atoms with Crippen LogP contribution in [-0.4, -0.2) is 28.1 Å². The van der Waals surface area contributed by atoms with E-state index in [1.807, 2.05) is 38.1 Å². The molecule has 0 bridgehead atoms. The number of ether oxygens (including phenoxy) is 1. The fourth-order valence-corrected chi connectivity index (χ4v) is 3.17. The van der Waals surface area contributed by atoms with Gasteiger partial charge in [-0.25, -0.2) is 4.98 Å². The number of carbonyl (C=O) groups is 1. The summed E-state index contributed by atoms with van der Waals surface area (Å²) in [6, 6.07) is 10.9. The molecule has 0 saturated heterocycles. The predicted molar refractivity (Wildman–Crippen MR) is 102 cm³/mol. The van der Waals surface area contributed by atoms with Gasteiger partial charge in [-0.1, -0.05) is 12.1 Å². The van der Waals surface area contributed by atoms with Crippen molar-refractivity contribution in [2.75, 3.05) is 7.11 Å². The molecule has 2 N–H and O–H groups in total. The van der Waals surface area contributed by atoms with E-state index in [1.54, 1.807) is 25.4 Å². The highest BCUT2D eigenvalue weighted by Crippen LogP contribution is 2.31. The van der Waals surface area contributed by atoms with E-state index in [4.69, 9.17) is 4.74 Å². The molecule has 7 heteroatoms. The molecule has 2 heterocycles. The second kappa shape index (κ2) is 6.92. The quantitative estimate of drug-likeness (QED) is 0.633. The van der Waals surface area contributed by atoms with Gasteiger partial charge in [0.2, 0.25) is 0 Å². The molecule has 0 spiro atoms. The van der Waals surface area contributed by atoms with Crippen molar-refractivity contribution < 1.29 is 14.6 Å². The molecule has 1 aromatic carbocycles. The Labute approximate surface area is 159 Å². The molecule has 0 unspecified atom stereocenters. The number of methoxy groups -OCH3 is 1. The second-order valence-corrected chi connectivity index (χ2v) is 7.06. The van der Waals surface area contributed by atoms with Crippen LogP contribution in [0.2, 0.25) is 0 Å². The molecule has 6 nitrogen and oxygen atoms in total. The number of hydrogen-bond donors (Lipinski definition) is 2. The summed E-state index contributed by atoms with van der Waals surface area (Å²) in [7, 11) is 1.59. The number of carbonyl (C=O) groups excluding carboxylic acids is 1. The highest BCUT2D eigenvalue weighted by atomic mass is 79.9. The maximum atomic E-state index is 12.8. The van der Waals surface area contributed by atoms with Crippen LogP contribution < -0.4 is 10.1 Å². The topological polar surface area (TPSA) is 84.3 Å². The minimum atomic E-state index is -0.703. The molecule has 0 fully saturated rings. The summed E-state index contributed by atoms with van der Waals surface area (Å²) in [6.07, 6.45) is 1.55. The number of hydrogen-bond acceptors (Lipinski definition) is 5. The van der Waals surface area contributed by atoms with Gasteiger partial charge in [0, 0.05) is 11.6 Å². The Kier molecular flexibility index (Phi) is 4.82. The normalized spacial score (nSPS) is 11.4. The summed E-state index contributed by atoms with van der Waals surface area (Å²) in [4.78, 5) is 21.1. The molecule has 1 amide bonds. The predicted octanol–water partition coefficient (Wildman–Crippen LogP) is 3.77. The molecule has 0 saturated carbocycles. The molecule has 2 aromatic heterocycles. The lowest BCUT2D eigenvalue weighted by Gasteiger charge is -2.27. The van der Waals surface area contributed by atoms with Crippen LogP contribution in [0.25, 0.3) is 10.9 Å². The van der Waals surface area contributed by atoms with Crippen LogP contribution in [-0.2, 0) is 5.54 Å². The molecular formula is C19H18BrN3O3. The second-order valence-electron chi connectivity index (χ2n) is 6.31. The van der Waals surface area contributed by atoms with Crippen LogP contribution in [0.3, 0.4) is 0 Å². The fraction of sp³-hybridized carbons (Fsp3) is 0.211. The first-order chi connectivity index (χ1) is 12.3. The SMILES string of the molecule is COc1cccc(C(C)(C)NC(=O)c2nc(Br)c3cccnc3c2O)c1. The van der Waals surface area contributed by atoms with E-state index in [9.17, 15) is 9.90 Å². The first kappa shape index (κ1) is 18.1. The molecular weight excluding hydrogens is 398 g/mol. The zero-order valence-corrected chi connectivity index (χ0v) is 16.2. The third kappa shape index (κ3) is 3.35. The molecule has 0 radical (unpaired) electrons. The molecule has 0 aliphatic rings. The number of aromatic hydroxyl groups is 1. The van der Waals surface area contributed by atoms with Crippen molar-refractivity contribution in [3.8, 4) is 11.5 Å². The van der Waals surface area contributed by atoms with E-state index in [-0.39, 0.29) is 11.4 Å². The lowest BCUT2D eigenvalue weighted by atomic mass is 9.94. The van der Waals surface area contributed by atoms with Crippen molar-refractivity contribution >= 4 is 32.7 Å². The summed E-state index contributed by atoms with van der Waals surface area (Å²) >= 11 is 3.33. The maximum Gasteiger partial charge on any atom is 0.274 e. The number of pyridine rings is 2. The summed E-state index contributed by atoms with van der Waals surface area (Å²) < 4.78 is 5.69. The third-order valence-electron chi connectivity index (χ3n) is 4.12. The van der Waals surface area contributed by atoms with Crippen molar-refractivity contribution in [1.82, 2.24) is 15.3 Å². The van der Waals surface area contributed by atoms with Crippen LogP contribution in [0.4, 0.5) is 0 Å². The van der Waals surface area contributed by atoms with Crippen molar-refractivity contribution in [1.29, 1.82) is 0 Å². The monoisotopic (exact) mass is 415 g/mol. The van der Waals surface area contributed by atoms with Gasteiger partial charge in [-0.3, -0.25) is 9.78 Å². The molecule has 3 rings (SSSR count). The van der Waals surface area contributed by atoms with E-state index >= 15 is 0 Å². The Balaban J connectivity index is 1.97. The Morgan fingerprint density at radius 3 is 2.77 bits per heavy atom. The van der Waals surface area contributed by atoms with E-state index in [0.29, 0.717) is 21.3 Å². The number of aromatic nitrogens is 2. The molecule has 26 heavy (non-hydrogen) atoms. The highest BCUT2D eigenvalue weighted by molar-refractivity contribution is 9.10. The smallest absolute Gasteiger partial charge is 0.274 e. The summed E-state index contributed by atoms with van der Waals surface area (Å²) in [5.41, 5.74) is 0.395. The van der Waals surface area contributed by atoms with Crippen LogP contribution >= 0.6 is 15.9 Å². The van der Waals surface area contributed by atoms with Gasteiger partial charge in [-0.05, 0) is 59.6 Å². The number of rotatable bonds is 4. The zero-order valence-electron chi connectivity index (χ0n) is 14.6. The van der Waals surface area contributed by atoms with Gasteiger partial charge in [0.25, 0.3) is 5.91 Å². The Hall–Kier alpha value is -2.67. The molecule has 0 aliphatic carbocycles. The Morgan fingerprint density at radius 1 is 1.27 bits per heavy atom. The lowest BCUT2D eigenvalue weighted by molar-refractivity contribution is 0.0904. The van der Waals surface area contributed by atoms with E-state index in [2.05, 4.69) is 31.2 Å². The van der Waals surface area contributed by atoms with Crippen molar-refractivity contribution in [3.63, 3.8) is 0 Å². The third-order valence-corrected chi connectivity index (χ3v) is 4.73. The maximum absolute atomic E-state index is 12.8. The molecule has 0 atom stereocenters. The Morgan fingerprint density at radius 2 is 2.04 bits per heavy atom. The van der Waals surface area contributed by atoms with Crippen LogP contribution in [0.5, 0.6) is 11.5 Å². The van der Waals surface area contributed by atoms with Crippen LogP contribution in [0.1, 0.15) is 29.9 Å². The average molecular weight is 416 g/mol. The van der Waals surface area contributed by atoms with Gasteiger partial charge < -0.3 is 15.2 Å². The van der Waals surface area contributed by atoms with Crippen molar-refractivity contribution in [2.45, 2.75) is 19.4 Å². The fourth-order valence-electron chi connectivity index (χ4n) is 2.67. The van der Waals surface area contributed by atoms with E-state index in [0.717, 1.165) is 5.56 Å². The number of nitrogens with zero attached hydrogens (tertiary/aromatic N) is 2. The van der Waals surface area contributed by atoms with Gasteiger partial charge in [0.15, 0.2) is 11.4 Å². The number of benzene rings is 1. The van der Waals surface area contributed by atoms with Crippen LogP contribution in [0.15, 0.2) is 47.2 Å². The van der Waals surface area contributed by atoms with E-state index in [1.165, 1.54) is 0 Å². The molecule has 3 aromatic rings. The number of fused-ring (bicyclic) bond motifs is 1. The summed E-state index contributed by atoms with van der Waals surface area (Å²) in [5, 5.41) is 14.0. The standard InChI is InChI=1S/C19H18BrN3O3/c1-19(2,11-6-4-7-12(10-11)26-3)23-18(25)15-16(24)14-13(17(20)22-15)8-5-9-21-14/h4-10,24H,1-3H3,(H,23,25). The largest absolute Gasteiger partial charge is 0.504 e. The van der Waals surface area contributed by atoms with Gasteiger partial charge >= 0.3 is 0 Å². The van der Waals surface area contributed by atoms with E-state index < -0.39 is 11.4 Å².